The van der Waals surface area contributed by atoms with Crippen LogP contribution in [0.3, 0.4) is 0 Å². The van der Waals surface area contributed by atoms with Gasteiger partial charge in [0.15, 0.2) is 0 Å². The second kappa shape index (κ2) is 7.28. The van der Waals surface area contributed by atoms with Gasteiger partial charge in [-0.25, -0.2) is 12.7 Å². The van der Waals surface area contributed by atoms with Crippen LogP contribution < -0.4 is 0 Å². The smallest absolute Gasteiger partial charge is 0.212 e. The summed E-state index contributed by atoms with van der Waals surface area (Å²) in [7, 11) is -3.27. The van der Waals surface area contributed by atoms with Gasteiger partial charge in [-0.15, -0.1) is 0 Å². The van der Waals surface area contributed by atoms with Gasteiger partial charge in [-0.2, -0.15) is 0 Å². The van der Waals surface area contributed by atoms with Gasteiger partial charge in [0.1, 0.15) is 0 Å². The number of benzene rings is 2. The van der Waals surface area contributed by atoms with Crippen LogP contribution in [0.25, 0.3) is 0 Å². The Morgan fingerprint density at radius 1 is 0.913 bits per heavy atom. The average Bonchev–Trinajstić information content (AvgIpc) is 2.83. The lowest BCUT2D eigenvalue weighted by Crippen LogP contribution is -2.35. The number of hydrogen-bond donors (Lipinski definition) is 0. The minimum Gasteiger partial charge on any atom is -0.212 e. The van der Waals surface area contributed by atoms with Crippen molar-refractivity contribution in [1.82, 2.24) is 4.31 Å². The molecule has 122 valence electrons. The molecule has 1 fully saturated rings. The van der Waals surface area contributed by atoms with Crippen molar-refractivity contribution >= 4 is 10.0 Å². The van der Waals surface area contributed by atoms with E-state index in [1.165, 1.54) is 5.56 Å². The molecule has 0 unspecified atom stereocenters. The Morgan fingerprint density at radius 2 is 1.57 bits per heavy atom. The fourth-order valence-electron chi connectivity index (χ4n) is 3.23. The molecule has 3 nitrogen and oxygen atoms in total. The maximum atomic E-state index is 12.8. The van der Waals surface area contributed by atoms with E-state index in [1.54, 1.807) is 4.31 Å². The van der Waals surface area contributed by atoms with E-state index in [9.17, 15) is 8.42 Å². The molecule has 3 rings (SSSR count). The van der Waals surface area contributed by atoms with Crippen molar-refractivity contribution in [2.24, 2.45) is 0 Å². The van der Waals surface area contributed by atoms with Crippen LogP contribution in [-0.4, -0.2) is 25.8 Å². The van der Waals surface area contributed by atoms with E-state index in [1.807, 2.05) is 48.5 Å². The number of nitrogens with zero attached hydrogens (tertiary/aromatic N) is 1. The van der Waals surface area contributed by atoms with Gasteiger partial charge in [0.25, 0.3) is 0 Å². The monoisotopic (exact) mass is 329 g/mol. The molecule has 2 aromatic rings. The summed E-state index contributed by atoms with van der Waals surface area (Å²) >= 11 is 0. The first-order valence-corrected chi connectivity index (χ1v) is 9.83. The zero-order valence-corrected chi connectivity index (χ0v) is 14.1. The van der Waals surface area contributed by atoms with Crippen molar-refractivity contribution in [2.45, 2.75) is 30.9 Å². The normalized spacial score (nSPS) is 20.1. The molecular weight excluding hydrogens is 306 g/mol. The second-order valence-electron chi connectivity index (χ2n) is 6.20. The summed E-state index contributed by atoms with van der Waals surface area (Å²) in [6, 6.07) is 19.7. The molecule has 0 spiro atoms. The Kier molecular flexibility index (Phi) is 5.13. The summed E-state index contributed by atoms with van der Waals surface area (Å²) in [6.45, 7) is 1.23. The molecule has 0 bridgehead atoms. The Hall–Kier alpha value is -1.65. The predicted molar refractivity (Wildman–Crippen MR) is 93.7 cm³/mol. The lowest BCUT2D eigenvalue weighted by molar-refractivity contribution is 0.405. The van der Waals surface area contributed by atoms with Crippen molar-refractivity contribution in [3.05, 3.63) is 71.8 Å². The molecular formula is C19H23NO2S. The van der Waals surface area contributed by atoms with Crippen molar-refractivity contribution in [2.75, 3.05) is 13.1 Å². The fourth-order valence-corrected chi connectivity index (χ4v) is 4.84. The van der Waals surface area contributed by atoms with Crippen molar-refractivity contribution in [3.63, 3.8) is 0 Å². The lowest BCUT2D eigenvalue weighted by Gasteiger charge is -2.24. The van der Waals surface area contributed by atoms with Crippen LogP contribution in [0, 0.1) is 0 Å². The summed E-state index contributed by atoms with van der Waals surface area (Å²) in [5.41, 5.74) is 2.10. The fraction of sp³-hybridized carbons (Fsp3) is 0.368. The summed E-state index contributed by atoms with van der Waals surface area (Å²) < 4.78 is 27.3. The van der Waals surface area contributed by atoms with E-state index in [0.717, 1.165) is 24.8 Å². The molecule has 0 radical (unpaired) electrons. The summed E-state index contributed by atoms with van der Waals surface area (Å²) in [5, 5.41) is 0. The van der Waals surface area contributed by atoms with E-state index in [2.05, 4.69) is 12.1 Å². The van der Waals surface area contributed by atoms with Gasteiger partial charge >= 0.3 is 0 Å². The Balaban J connectivity index is 1.77. The SMILES string of the molecule is O=S(=O)(Cc1ccccc1)N1CCCC[C@@H](c2ccccc2)C1. The zero-order valence-electron chi connectivity index (χ0n) is 13.3. The molecule has 4 heteroatoms. The van der Waals surface area contributed by atoms with Gasteiger partial charge in [-0.1, -0.05) is 67.1 Å². The summed E-state index contributed by atoms with van der Waals surface area (Å²) in [4.78, 5) is 0. The first kappa shape index (κ1) is 16.2. The minimum absolute atomic E-state index is 0.0926. The van der Waals surface area contributed by atoms with Gasteiger partial charge in [-0.3, -0.25) is 0 Å². The summed E-state index contributed by atoms with van der Waals surface area (Å²) in [5.74, 6) is 0.388. The van der Waals surface area contributed by atoms with Gasteiger partial charge < -0.3 is 0 Å². The molecule has 23 heavy (non-hydrogen) atoms. The van der Waals surface area contributed by atoms with Crippen LogP contribution >= 0.6 is 0 Å². The highest BCUT2D eigenvalue weighted by molar-refractivity contribution is 7.88. The Bertz CT molecular complexity index is 714. The van der Waals surface area contributed by atoms with Crippen LogP contribution in [0.1, 0.15) is 36.3 Å². The van der Waals surface area contributed by atoms with Crippen molar-refractivity contribution < 1.29 is 8.42 Å². The van der Waals surface area contributed by atoms with E-state index < -0.39 is 10.0 Å². The summed E-state index contributed by atoms with van der Waals surface area (Å²) in [6.07, 6.45) is 3.08. The highest BCUT2D eigenvalue weighted by atomic mass is 32.2. The Labute approximate surface area is 139 Å². The van der Waals surface area contributed by atoms with E-state index in [-0.39, 0.29) is 5.75 Å². The standard InChI is InChI=1S/C19H23NO2S/c21-23(22,16-17-9-3-1-4-10-17)20-14-8-7-13-19(15-20)18-11-5-2-6-12-18/h1-6,9-12,19H,7-8,13-16H2/t19-/m1/s1. The van der Waals surface area contributed by atoms with Crippen LogP contribution in [0.4, 0.5) is 0 Å². The average molecular weight is 329 g/mol. The molecule has 1 heterocycles. The highest BCUT2D eigenvalue weighted by Gasteiger charge is 2.28. The molecule has 1 atom stereocenters. The van der Waals surface area contributed by atoms with Gasteiger partial charge in [0.05, 0.1) is 5.75 Å². The maximum absolute atomic E-state index is 12.8. The van der Waals surface area contributed by atoms with E-state index in [0.29, 0.717) is 19.0 Å². The minimum atomic E-state index is -3.27. The van der Waals surface area contributed by atoms with Crippen LogP contribution in [0.15, 0.2) is 60.7 Å². The van der Waals surface area contributed by atoms with Gasteiger partial charge in [0.2, 0.25) is 10.0 Å². The third-order valence-corrected chi connectivity index (χ3v) is 6.31. The predicted octanol–water partition coefficient (Wildman–Crippen LogP) is 3.79. The van der Waals surface area contributed by atoms with Crippen molar-refractivity contribution in [3.8, 4) is 0 Å². The van der Waals surface area contributed by atoms with Crippen LogP contribution in [-0.2, 0) is 15.8 Å². The maximum Gasteiger partial charge on any atom is 0.218 e. The topological polar surface area (TPSA) is 37.4 Å². The Morgan fingerprint density at radius 3 is 2.26 bits per heavy atom. The quantitative estimate of drug-likeness (QED) is 0.856. The van der Waals surface area contributed by atoms with E-state index >= 15 is 0 Å². The van der Waals surface area contributed by atoms with Gasteiger partial charge in [-0.05, 0) is 29.9 Å². The third kappa shape index (κ3) is 4.21. The molecule has 1 saturated heterocycles. The number of rotatable bonds is 4. The molecule has 0 aliphatic carbocycles. The first-order chi connectivity index (χ1) is 11.1. The largest absolute Gasteiger partial charge is 0.218 e. The molecule has 2 aromatic carbocycles. The molecule has 0 aromatic heterocycles. The molecule has 1 aliphatic heterocycles. The van der Waals surface area contributed by atoms with Gasteiger partial charge in [0, 0.05) is 13.1 Å². The van der Waals surface area contributed by atoms with E-state index in [4.69, 9.17) is 0 Å². The lowest BCUT2D eigenvalue weighted by atomic mass is 9.95. The number of sulfonamides is 1. The zero-order chi connectivity index (χ0) is 16.1. The molecule has 0 saturated carbocycles. The number of hydrogen-bond acceptors (Lipinski definition) is 2. The molecule has 0 amide bonds. The third-order valence-electron chi connectivity index (χ3n) is 4.49. The second-order valence-corrected chi connectivity index (χ2v) is 8.17. The van der Waals surface area contributed by atoms with Crippen LogP contribution in [0.2, 0.25) is 0 Å². The molecule has 0 N–H and O–H groups in total. The first-order valence-electron chi connectivity index (χ1n) is 8.22. The molecule has 1 aliphatic rings. The van der Waals surface area contributed by atoms with Crippen molar-refractivity contribution in [1.29, 1.82) is 0 Å². The highest BCUT2D eigenvalue weighted by Crippen LogP contribution is 2.28. The van der Waals surface area contributed by atoms with Crippen LogP contribution in [0.5, 0.6) is 0 Å².